The Morgan fingerprint density at radius 1 is 1.10 bits per heavy atom. The van der Waals surface area contributed by atoms with E-state index in [-0.39, 0.29) is 10.5 Å². The molecule has 31 heavy (non-hydrogen) atoms. The van der Waals surface area contributed by atoms with Crippen molar-refractivity contribution >= 4 is 33.2 Å². The van der Waals surface area contributed by atoms with E-state index in [1.54, 1.807) is 30.3 Å². The van der Waals surface area contributed by atoms with E-state index in [0.717, 1.165) is 0 Å². The monoisotopic (exact) mass is 460 g/mol. The Hall–Kier alpha value is -2.79. The molecule has 4 rings (SSSR count). The molecule has 3 aromatic rings. The van der Waals surface area contributed by atoms with Gasteiger partial charge in [-0.3, -0.25) is 4.79 Å². The van der Waals surface area contributed by atoms with Crippen LogP contribution in [0.15, 0.2) is 60.0 Å². The summed E-state index contributed by atoms with van der Waals surface area (Å²) in [5.74, 6) is -0.459. The van der Waals surface area contributed by atoms with Crippen LogP contribution in [0.25, 0.3) is 5.69 Å². The second-order valence-electron chi connectivity index (χ2n) is 7.17. The molecule has 0 unspecified atom stereocenters. The minimum atomic E-state index is -3.68. The molecule has 1 aromatic heterocycles. The van der Waals surface area contributed by atoms with Crippen molar-refractivity contribution in [3.05, 3.63) is 65.7 Å². The molecule has 0 atom stereocenters. The van der Waals surface area contributed by atoms with Crippen molar-refractivity contribution in [3.8, 4) is 5.69 Å². The highest BCUT2D eigenvalue weighted by Crippen LogP contribution is 2.28. The Labute approximate surface area is 185 Å². The van der Waals surface area contributed by atoms with Gasteiger partial charge in [0.15, 0.2) is 0 Å². The number of halogens is 1. The minimum Gasteiger partial charge on any atom is -0.320 e. The molecule has 1 fully saturated rings. The van der Waals surface area contributed by atoms with Crippen LogP contribution in [-0.2, 0) is 10.0 Å². The second kappa shape index (κ2) is 8.75. The lowest BCUT2D eigenvalue weighted by Gasteiger charge is -2.31. The fourth-order valence-electron chi connectivity index (χ4n) is 3.34. The molecule has 0 spiro atoms. The summed E-state index contributed by atoms with van der Waals surface area (Å²) in [5, 5.41) is 7.25. The van der Waals surface area contributed by atoms with E-state index in [1.165, 1.54) is 33.8 Å². The van der Waals surface area contributed by atoms with Gasteiger partial charge in [-0.1, -0.05) is 23.7 Å². The van der Waals surface area contributed by atoms with Crippen LogP contribution in [0.1, 0.15) is 10.4 Å². The fraction of sp³-hybridized carbons (Fsp3) is 0.250. The zero-order valence-corrected chi connectivity index (χ0v) is 18.3. The third kappa shape index (κ3) is 4.47. The standard InChI is InChI=1S/C20H21ClN6O3S/c1-25-8-10-26(11-9-25)31(29,30)16-5-2-4-15(12-16)20(28)24-18-7-3-6-17(21)19(18)27-14-22-13-23-27/h2-7,12-14H,8-11H2,1H3,(H,24,28). The summed E-state index contributed by atoms with van der Waals surface area (Å²) in [4.78, 5) is 19.0. The van der Waals surface area contributed by atoms with Gasteiger partial charge in [0.25, 0.3) is 5.91 Å². The van der Waals surface area contributed by atoms with E-state index in [0.29, 0.717) is 42.6 Å². The Bertz CT molecular complexity index is 1190. The number of nitrogens with zero attached hydrogens (tertiary/aromatic N) is 5. The summed E-state index contributed by atoms with van der Waals surface area (Å²) in [6, 6.07) is 11.1. The van der Waals surface area contributed by atoms with E-state index in [4.69, 9.17) is 11.6 Å². The Morgan fingerprint density at radius 3 is 2.55 bits per heavy atom. The number of benzene rings is 2. The van der Waals surface area contributed by atoms with Crippen LogP contribution in [-0.4, -0.2) is 71.5 Å². The van der Waals surface area contributed by atoms with E-state index in [2.05, 4.69) is 20.3 Å². The smallest absolute Gasteiger partial charge is 0.255 e. The van der Waals surface area contributed by atoms with Crippen LogP contribution in [0.3, 0.4) is 0 Å². The third-order valence-corrected chi connectivity index (χ3v) is 7.28. The van der Waals surface area contributed by atoms with Crippen molar-refractivity contribution < 1.29 is 13.2 Å². The van der Waals surface area contributed by atoms with Gasteiger partial charge < -0.3 is 10.2 Å². The molecule has 1 aliphatic heterocycles. The Morgan fingerprint density at radius 2 is 1.84 bits per heavy atom. The van der Waals surface area contributed by atoms with E-state index in [1.807, 2.05) is 7.05 Å². The molecular weight excluding hydrogens is 440 g/mol. The average molecular weight is 461 g/mol. The predicted octanol–water partition coefficient (Wildman–Crippen LogP) is 2.11. The first-order valence-corrected chi connectivity index (χ1v) is 11.4. The summed E-state index contributed by atoms with van der Waals surface area (Å²) in [7, 11) is -1.72. The molecule has 0 aliphatic carbocycles. The summed E-state index contributed by atoms with van der Waals surface area (Å²) in [6.45, 7) is 2.16. The number of piperazine rings is 1. The van der Waals surface area contributed by atoms with Gasteiger partial charge >= 0.3 is 0 Å². The number of nitrogens with one attached hydrogen (secondary N) is 1. The van der Waals surface area contributed by atoms with Crippen LogP contribution >= 0.6 is 11.6 Å². The number of para-hydroxylation sites is 1. The highest BCUT2D eigenvalue weighted by atomic mass is 35.5. The molecule has 9 nitrogen and oxygen atoms in total. The number of likely N-dealkylation sites (N-methyl/N-ethyl adjacent to an activating group) is 1. The Balaban J connectivity index is 1.60. The van der Waals surface area contributed by atoms with Crippen LogP contribution in [0.2, 0.25) is 5.02 Å². The highest BCUT2D eigenvalue weighted by molar-refractivity contribution is 7.89. The van der Waals surface area contributed by atoms with Crippen molar-refractivity contribution in [3.63, 3.8) is 0 Å². The van der Waals surface area contributed by atoms with Crippen LogP contribution < -0.4 is 5.32 Å². The first-order valence-electron chi connectivity index (χ1n) is 9.60. The van der Waals surface area contributed by atoms with Gasteiger partial charge in [-0.15, -0.1) is 0 Å². The molecule has 0 saturated carbocycles. The molecule has 1 N–H and O–H groups in total. The summed E-state index contributed by atoms with van der Waals surface area (Å²) in [6.07, 6.45) is 2.84. The SMILES string of the molecule is CN1CCN(S(=O)(=O)c2cccc(C(=O)Nc3cccc(Cl)c3-n3cncn3)c2)CC1. The molecule has 1 aliphatic rings. The molecule has 11 heteroatoms. The molecule has 162 valence electrons. The maximum absolute atomic E-state index is 13.0. The lowest BCUT2D eigenvalue weighted by molar-refractivity contribution is 0.102. The van der Waals surface area contributed by atoms with Gasteiger partial charge in [0, 0.05) is 31.7 Å². The van der Waals surface area contributed by atoms with Crippen LogP contribution in [0, 0.1) is 0 Å². The number of carbonyl (C=O) groups is 1. The predicted molar refractivity (Wildman–Crippen MR) is 117 cm³/mol. The number of sulfonamides is 1. The third-order valence-electron chi connectivity index (χ3n) is 5.08. The van der Waals surface area contributed by atoms with Crippen molar-refractivity contribution in [1.82, 2.24) is 24.0 Å². The normalized spacial score (nSPS) is 15.7. The van der Waals surface area contributed by atoms with Crippen molar-refractivity contribution in [1.29, 1.82) is 0 Å². The second-order valence-corrected chi connectivity index (χ2v) is 9.51. The number of hydrogen-bond donors (Lipinski definition) is 1. The zero-order valence-electron chi connectivity index (χ0n) is 16.8. The maximum atomic E-state index is 13.0. The molecule has 2 heterocycles. The van der Waals surface area contributed by atoms with Gasteiger partial charge in [0.1, 0.15) is 18.3 Å². The quantitative estimate of drug-likeness (QED) is 0.626. The van der Waals surface area contributed by atoms with E-state index < -0.39 is 15.9 Å². The minimum absolute atomic E-state index is 0.0901. The highest BCUT2D eigenvalue weighted by Gasteiger charge is 2.28. The lowest BCUT2D eigenvalue weighted by Crippen LogP contribution is -2.47. The topological polar surface area (TPSA) is 100 Å². The van der Waals surface area contributed by atoms with Gasteiger partial charge in [-0.2, -0.15) is 9.40 Å². The molecule has 1 saturated heterocycles. The first-order chi connectivity index (χ1) is 14.9. The zero-order chi connectivity index (χ0) is 22.0. The summed E-state index contributed by atoms with van der Waals surface area (Å²) >= 11 is 6.30. The molecule has 0 bridgehead atoms. The maximum Gasteiger partial charge on any atom is 0.255 e. The number of hydrogen-bond acceptors (Lipinski definition) is 6. The number of amides is 1. The van der Waals surface area contributed by atoms with Crippen LogP contribution in [0.4, 0.5) is 5.69 Å². The Kier molecular flexibility index (Phi) is 6.05. The number of carbonyl (C=O) groups excluding carboxylic acids is 1. The van der Waals surface area contributed by atoms with E-state index in [9.17, 15) is 13.2 Å². The first kappa shape index (κ1) is 21.4. The number of rotatable bonds is 5. The largest absolute Gasteiger partial charge is 0.320 e. The summed E-state index contributed by atoms with van der Waals surface area (Å²) in [5.41, 5.74) is 1.12. The van der Waals surface area contributed by atoms with Crippen molar-refractivity contribution in [2.24, 2.45) is 0 Å². The molecule has 0 radical (unpaired) electrons. The molecule has 1 amide bonds. The average Bonchev–Trinajstić information content (AvgIpc) is 3.28. The fourth-order valence-corrected chi connectivity index (χ4v) is 5.07. The van der Waals surface area contributed by atoms with Crippen molar-refractivity contribution in [2.75, 3.05) is 38.5 Å². The summed E-state index contributed by atoms with van der Waals surface area (Å²) < 4.78 is 28.9. The van der Waals surface area contributed by atoms with Crippen molar-refractivity contribution in [2.45, 2.75) is 4.90 Å². The van der Waals surface area contributed by atoms with Gasteiger partial charge in [0.05, 0.1) is 15.6 Å². The number of aromatic nitrogens is 3. The van der Waals surface area contributed by atoms with Gasteiger partial charge in [0.2, 0.25) is 10.0 Å². The van der Waals surface area contributed by atoms with Gasteiger partial charge in [-0.25, -0.2) is 18.1 Å². The van der Waals surface area contributed by atoms with Gasteiger partial charge in [-0.05, 0) is 37.4 Å². The number of anilines is 1. The molecule has 2 aromatic carbocycles. The van der Waals surface area contributed by atoms with Crippen LogP contribution in [0.5, 0.6) is 0 Å². The van der Waals surface area contributed by atoms with E-state index >= 15 is 0 Å². The lowest BCUT2D eigenvalue weighted by atomic mass is 10.2. The molecular formula is C20H21ClN6O3S.